The number of hydrogen-bond donors (Lipinski definition) is 1. The molecule has 2 rings (SSSR count). The molecule has 78 valence electrons. The summed E-state index contributed by atoms with van der Waals surface area (Å²) in [5.41, 5.74) is 7.79. The van der Waals surface area contributed by atoms with Crippen LogP contribution in [-0.2, 0) is 6.42 Å². The summed E-state index contributed by atoms with van der Waals surface area (Å²) in [6.45, 7) is 2.44. The standard InChI is InChI=1S/C10H13NO2.ClH/c1-2-3-7-4-9-10(5-8(7)11)13-6-12-9;/h4-5H,2-3,6,11H2,1H3;1H. The van der Waals surface area contributed by atoms with Gasteiger partial charge in [-0.05, 0) is 18.1 Å². The lowest BCUT2D eigenvalue weighted by atomic mass is 10.1. The van der Waals surface area contributed by atoms with E-state index < -0.39 is 0 Å². The number of benzene rings is 1. The first kappa shape index (κ1) is 11.0. The van der Waals surface area contributed by atoms with Gasteiger partial charge in [-0.3, -0.25) is 0 Å². The molecule has 0 saturated heterocycles. The van der Waals surface area contributed by atoms with Crippen molar-refractivity contribution in [1.29, 1.82) is 0 Å². The Bertz CT molecular complexity index is 328. The van der Waals surface area contributed by atoms with Crippen LogP contribution in [0.25, 0.3) is 0 Å². The van der Waals surface area contributed by atoms with Crippen LogP contribution in [0.3, 0.4) is 0 Å². The van der Waals surface area contributed by atoms with Crippen LogP contribution in [-0.4, -0.2) is 6.79 Å². The molecule has 2 N–H and O–H groups in total. The van der Waals surface area contributed by atoms with E-state index >= 15 is 0 Å². The van der Waals surface area contributed by atoms with Gasteiger partial charge in [0.15, 0.2) is 11.5 Å². The van der Waals surface area contributed by atoms with E-state index in [0.29, 0.717) is 6.79 Å². The Kier molecular flexibility index (Phi) is 3.47. The molecular formula is C10H14ClNO2. The van der Waals surface area contributed by atoms with Crippen molar-refractivity contribution in [2.45, 2.75) is 19.8 Å². The van der Waals surface area contributed by atoms with Crippen LogP contribution in [0, 0.1) is 0 Å². The van der Waals surface area contributed by atoms with Gasteiger partial charge >= 0.3 is 0 Å². The average Bonchev–Trinajstić information content (AvgIpc) is 2.52. The molecule has 0 aliphatic carbocycles. The smallest absolute Gasteiger partial charge is 0.231 e. The highest BCUT2D eigenvalue weighted by Crippen LogP contribution is 2.36. The lowest BCUT2D eigenvalue weighted by molar-refractivity contribution is 0.174. The number of anilines is 1. The van der Waals surface area contributed by atoms with E-state index in [1.165, 1.54) is 0 Å². The van der Waals surface area contributed by atoms with E-state index in [-0.39, 0.29) is 12.4 Å². The van der Waals surface area contributed by atoms with E-state index in [1.807, 2.05) is 12.1 Å². The van der Waals surface area contributed by atoms with Crippen LogP contribution in [0.2, 0.25) is 0 Å². The first-order valence-corrected chi connectivity index (χ1v) is 4.49. The number of rotatable bonds is 2. The summed E-state index contributed by atoms with van der Waals surface area (Å²) in [6, 6.07) is 3.81. The quantitative estimate of drug-likeness (QED) is 0.771. The number of nitrogens with two attached hydrogens (primary N) is 1. The van der Waals surface area contributed by atoms with Gasteiger partial charge in [-0.15, -0.1) is 12.4 Å². The molecule has 4 heteroatoms. The van der Waals surface area contributed by atoms with Gasteiger partial charge in [0.05, 0.1) is 0 Å². The number of ether oxygens (including phenoxy) is 2. The molecule has 0 spiro atoms. The predicted molar refractivity (Wildman–Crippen MR) is 58.2 cm³/mol. The van der Waals surface area contributed by atoms with Crippen LogP contribution in [0.1, 0.15) is 18.9 Å². The SMILES string of the molecule is CCCc1cc2c(cc1N)OCO2.Cl. The zero-order chi connectivity index (χ0) is 9.26. The van der Waals surface area contributed by atoms with Crippen molar-refractivity contribution in [3.63, 3.8) is 0 Å². The van der Waals surface area contributed by atoms with Gasteiger partial charge in [-0.25, -0.2) is 0 Å². The monoisotopic (exact) mass is 215 g/mol. The maximum Gasteiger partial charge on any atom is 0.231 e. The molecule has 0 radical (unpaired) electrons. The van der Waals surface area contributed by atoms with Crippen LogP contribution in [0.5, 0.6) is 11.5 Å². The lowest BCUT2D eigenvalue weighted by Gasteiger charge is -2.05. The van der Waals surface area contributed by atoms with Crippen molar-refractivity contribution < 1.29 is 9.47 Å². The van der Waals surface area contributed by atoms with E-state index in [0.717, 1.165) is 35.6 Å². The van der Waals surface area contributed by atoms with Crippen molar-refractivity contribution in [3.8, 4) is 11.5 Å². The van der Waals surface area contributed by atoms with Crippen molar-refractivity contribution in [2.75, 3.05) is 12.5 Å². The van der Waals surface area contributed by atoms with Crippen molar-refractivity contribution in [1.82, 2.24) is 0 Å². The minimum Gasteiger partial charge on any atom is -0.454 e. The molecule has 1 aromatic carbocycles. The molecule has 0 amide bonds. The van der Waals surface area contributed by atoms with E-state index in [9.17, 15) is 0 Å². The largest absolute Gasteiger partial charge is 0.454 e. The zero-order valence-electron chi connectivity index (χ0n) is 8.08. The second-order valence-electron chi connectivity index (χ2n) is 3.15. The summed E-state index contributed by atoms with van der Waals surface area (Å²) in [5, 5.41) is 0. The fourth-order valence-corrected chi connectivity index (χ4v) is 1.49. The second kappa shape index (κ2) is 4.42. The van der Waals surface area contributed by atoms with Crippen molar-refractivity contribution in [2.24, 2.45) is 0 Å². The van der Waals surface area contributed by atoms with E-state index in [1.54, 1.807) is 0 Å². The summed E-state index contributed by atoms with van der Waals surface area (Å²) in [5.74, 6) is 1.58. The topological polar surface area (TPSA) is 44.5 Å². The maximum absolute atomic E-state index is 5.84. The molecule has 0 unspecified atom stereocenters. The summed E-state index contributed by atoms with van der Waals surface area (Å²) in [4.78, 5) is 0. The van der Waals surface area contributed by atoms with Gasteiger partial charge < -0.3 is 15.2 Å². The molecule has 0 fully saturated rings. The summed E-state index contributed by atoms with van der Waals surface area (Å²) in [7, 11) is 0. The molecule has 1 heterocycles. The normalized spacial score (nSPS) is 12.4. The third-order valence-corrected chi connectivity index (χ3v) is 2.15. The molecule has 0 saturated carbocycles. The first-order chi connectivity index (χ1) is 6.31. The van der Waals surface area contributed by atoms with E-state index in [4.69, 9.17) is 15.2 Å². The number of hydrogen-bond acceptors (Lipinski definition) is 3. The Morgan fingerprint density at radius 3 is 2.57 bits per heavy atom. The van der Waals surface area contributed by atoms with Crippen LogP contribution in [0.15, 0.2) is 12.1 Å². The van der Waals surface area contributed by atoms with Crippen LogP contribution >= 0.6 is 12.4 Å². The first-order valence-electron chi connectivity index (χ1n) is 4.49. The Morgan fingerprint density at radius 2 is 1.93 bits per heavy atom. The summed E-state index contributed by atoms with van der Waals surface area (Å²) in [6.07, 6.45) is 2.08. The van der Waals surface area contributed by atoms with Gasteiger partial charge in [0.25, 0.3) is 0 Å². The lowest BCUT2D eigenvalue weighted by Crippen LogP contribution is -1.93. The van der Waals surface area contributed by atoms with Gasteiger partial charge in [0.2, 0.25) is 6.79 Å². The van der Waals surface area contributed by atoms with Crippen LogP contribution in [0.4, 0.5) is 5.69 Å². The van der Waals surface area contributed by atoms with E-state index in [2.05, 4.69) is 6.92 Å². The number of halogens is 1. The minimum absolute atomic E-state index is 0. The number of aryl methyl sites for hydroxylation is 1. The molecule has 0 atom stereocenters. The molecule has 3 nitrogen and oxygen atoms in total. The predicted octanol–water partition coefficient (Wildman–Crippen LogP) is 2.37. The number of nitrogen functional groups attached to an aromatic ring is 1. The highest BCUT2D eigenvalue weighted by Gasteiger charge is 2.15. The molecule has 0 aromatic heterocycles. The Hall–Kier alpha value is -1.09. The Balaban J connectivity index is 0.000000980. The molecule has 1 aliphatic heterocycles. The van der Waals surface area contributed by atoms with Crippen molar-refractivity contribution in [3.05, 3.63) is 17.7 Å². The molecular weight excluding hydrogens is 202 g/mol. The zero-order valence-corrected chi connectivity index (χ0v) is 8.89. The Labute approximate surface area is 89.6 Å². The fraction of sp³-hybridized carbons (Fsp3) is 0.400. The van der Waals surface area contributed by atoms with Gasteiger partial charge in [-0.1, -0.05) is 13.3 Å². The van der Waals surface area contributed by atoms with Gasteiger partial charge in [0.1, 0.15) is 0 Å². The number of fused-ring (bicyclic) bond motifs is 1. The van der Waals surface area contributed by atoms with Gasteiger partial charge in [0, 0.05) is 11.8 Å². The maximum atomic E-state index is 5.84. The molecule has 0 bridgehead atoms. The molecule has 1 aromatic rings. The van der Waals surface area contributed by atoms with Gasteiger partial charge in [-0.2, -0.15) is 0 Å². The third kappa shape index (κ3) is 1.87. The molecule has 14 heavy (non-hydrogen) atoms. The summed E-state index contributed by atoms with van der Waals surface area (Å²) >= 11 is 0. The highest BCUT2D eigenvalue weighted by molar-refractivity contribution is 5.85. The second-order valence-corrected chi connectivity index (χ2v) is 3.15. The van der Waals surface area contributed by atoms with Crippen LogP contribution < -0.4 is 15.2 Å². The molecule has 1 aliphatic rings. The van der Waals surface area contributed by atoms with Crippen molar-refractivity contribution >= 4 is 18.1 Å². The minimum atomic E-state index is 0. The fourth-order valence-electron chi connectivity index (χ4n) is 1.49. The average molecular weight is 216 g/mol. The summed E-state index contributed by atoms with van der Waals surface area (Å²) < 4.78 is 10.5. The third-order valence-electron chi connectivity index (χ3n) is 2.15. The highest BCUT2D eigenvalue weighted by atomic mass is 35.5. The Morgan fingerprint density at radius 1 is 1.29 bits per heavy atom.